The largest absolute Gasteiger partial charge is 0.478 e. The fourth-order valence-electron chi connectivity index (χ4n) is 1.72. The van der Waals surface area contributed by atoms with Crippen LogP contribution in [0.5, 0.6) is 0 Å². The number of carboxylic acids is 1. The molecule has 2 amide bonds. The predicted octanol–water partition coefficient (Wildman–Crippen LogP) is 3.80. The number of thioether (sulfide) groups is 1. The zero-order chi connectivity index (χ0) is 15.7. The van der Waals surface area contributed by atoms with Gasteiger partial charge in [0, 0.05) is 11.0 Å². The third-order valence-electron chi connectivity index (χ3n) is 2.77. The number of nitrogens with one attached hydrogen (secondary N) is 2. The molecule has 3 N–H and O–H groups in total. The zero-order valence-corrected chi connectivity index (χ0v) is 14.2. The number of hydrogen-bond donors (Lipinski definition) is 3. The van der Waals surface area contributed by atoms with E-state index in [0.29, 0.717) is 11.0 Å². The second-order valence-corrected chi connectivity index (χ2v) is 6.33. The lowest BCUT2D eigenvalue weighted by Gasteiger charge is -2.10. The van der Waals surface area contributed by atoms with Gasteiger partial charge in [-0.1, -0.05) is 22.4 Å². The van der Waals surface area contributed by atoms with Crippen LogP contribution in [-0.2, 0) is 0 Å². The maximum Gasteiger partial charge on any atom is 0.337 e. The number of benzene rings is 1. The SMILES string of the molecule is CSCCCCCNC(=O)Nc1cc(Br)ccc1C(=O)O. The number of anilines is 1. The summed E-state index contributed by atoms with van der Waals surface area (Å²) in [6.45, 7) is 0.580. The summed E-state index contributed by atoms with van der Waals surface area (Å²) in [4.78, 5) is 22.8. The third kappa shape index (κ3) is 6.86. The number of carbonyl (C=O) groups excluding carboxylic acids is 1. The average Bonchev–Trinajstić information content (AvgIpc) is 2.42. The molecule has 0 atom stereocenters. The Bertz CT molecular complexity index is 497. The van der Waals surface area contributed by atoms with Crippen LogP contribution < -0.4 is 10.6 Å². The van der Waals surface area contributed by atoms with Crippen LogP contribution >= 0.6 is 27.7 Å². The van der Waals surface area contributed by atoms with Crippen LogP contribution in [0, 0.1) is 0 Å². The molecule has 0 aliphatic rings. The van der Waals surface area contributed by atoms with E-state index < -0.39 is 5.97 Å². The Morgan fingerprint density at radius 2 is 2.05 bits per heavy atom. The van der Waals surface area contributed by atoms with E-state index >= 15 is 0 Å². The van der Waals surface area contributed by atoms with E-state index in [1.807, 2.05) is 11.8 Å². The second-order valence-electron chi connectivity index (χ2n) is 4.43. The van der Waals surface area contributed by atoms with Gasteiger partial charge in [0.25, 0.3) is 0 Å². The van der Waals surface area contributed by atoms with Crippen LogP contribution in [0.2, 0.25) is 0 Å². The topological polar surface area (TPSA) is 78.4 Å². The van der Waals surface area contributed by atoms with E-state index in [1.165, 1.54) is 6.07 Å². The molecule has 1 aromatic rings. The molecule has 0 radical (unpaired) electrons. The van der Waals surface area contributed by atoms with Crippen LogP contribution in [0.15, 0.2) is 22.7 Å². The molecule has 0 fully saturated rings. The first-order chi connectivity index (χ1) is 10.0. The number of carbonyl (C=O) groups is 2. The molecule has 0 saturated heterocycles. The van der Waals surface area contributed by atoms with E-state index in [2.05, 4.69) is 32.8 Å². The first-order valence-electron chi connectivity index (χ1n) is 6.61. The average molecular weight is 375 g/mol. The highest BCUT2D eigenvalue weighted by Gasteiger charge is 2.12. The Balaban J connectivity index is 2.44. The van der Waals surface area contributed by atoms with Crippen molar-refractivity contribution in [3.05, 3.63) is 28.2 Å². The van der Waals surface area contributed by atoms with Crippen LogP contribution in [-0.4, -0.2) is 35.7 Å². The highest BCUT2D eigenvalue weighted by atomic mass is 79.9. The number of amides is 2. The smallest absolute Gasteiger partial charge is 0.337 e. The Morgan fingerprint density at radius 1 is 1.29 bits per heavy atom. The van der Waals surface area contributed by atoms with E-state index in [0.717, 1.165) is 25.0 Å². The lowest BCUT2D eigenvalue weighted by Crippen LogP contribution is -2.30. The Labute approximate surface area is 137 Å². The summed E-state index contributed by atoms with van der Waals surface area (Å²) in [7, 11) is 0. The van der Waals surface area contributed by atoms with Crippen molar-refractivity contribution in [2.75, 3.05) is 23.9 Å². The van der Waals surface area contributed by atoms with Gasteiger partial charge in [0.05, 0.1) is 11.3 Å². The Hall–Kier alpha value is -1.21. The lowest BCUT2D eigenvalue weighted by molar-refractivity contribution is 0.0698. The molecule has 0 bridgehead atoms. The molecule has 5 nitrogen and oxygen atoms in total. The fourth-order valence-corrected chi connectivity index (χ4v) is 2.58. The molecule has 7 heteroatoms. The number of hydrogen-bond acceptors (Lipinski definition) is 3. The minimum Gasteiger partial charge on any atom is -0.478 e. The number of urea groups is 1. The quantitative estimate of drug-likeness (QED) is 0.604. The van der Waals surface area contributed by atoms with E-state index in [-0.39, 0.29) is 17.3 Å². The molecule has 0 aromatic heterocycles. The van der Waals surface area contributed by atoms with Crippen molar-refractivity contribution in [3.8, 4) is 0 Å². The summed E-state index contributed by atoms with van der Waals surface area (Å²) in [5.41, 5.74) is 0.338. The van der Waals surface area contributed by atoms with E-state index in [9.17, 15) is 9.59 Å². The van der Waals surface area contributed by atoms with Gasteiger partial charge >= 0.3 is 12.0 Å². The predicted molar refractivity (Wildman–Crippen MR) is 90.4 cm³/mol. The third-order valence-corrected chi connectivity index (χ3v) is 3.96. The highest BCUT2D eigenvalue weighted by molar-refractivity contribution is 9.10. The van der Waals surface area contributed by atoms with Crippen LogP contribution in [0.4, 0.5) is 10.5 Å². The van der Waals surface area contributed by atoms with Crippen molar-refractivity contribution in [3.63, 3.8) is 0 Å². The van der Waals surface area contributed by atoms with Gasteiger partial charge in [0.2, 0.25) is 0 Å². The molecule has 0 unspecified atom stereocenters. The van der Waals surface area contributed by atoms with Gasteiger partial charge < -0.3 is 15.7 Å². The maximum atomic E-state index is 11.8. The zero-order valence-electron chi connectivity index (χ0n) is 11.8. The van der Waals surface area contributed by atoms with Gasteiger partial charge in [-0.25, -0.2) is 9.59 Å². The van der Waals surface area contributed by atoms with Gasteiger partial charge in [-0.05, 0) is 43.0 Å². The van der Waals surface area contributed by atoms with Gasteiger partial charge in [0.15, 0.2) is 0 Å². The summed E-state index contributed by atoms with van der Waals surface area (Å²) in [5.74, 6) is 0.0570. The summed E-state index contributed by atoms with van der Waals surface area (Å²) in [6, 6.07) is 4.25. The molecule has 0 aliphatic carbocycles. The monoisotopic (exact) mass is 374 g/mol. The minimum absolute atomic E-state index is 0.0633. The summed E-state index contributed by atoms with van der Waals surface area (Å²) in [6.07, 6.45) is 5.19. The summed E-state index contributed by atoms with van der Waals surface area (Å²) < 4.78 is 0.708. The Morgan fingerprint density at radius 3 is 2.71 bits per heavy atom. The molecule has 0 aliphatic heterocycles. The van der Waals surface area contributed by atoms with Gasteiger partial charge in [-0.15, -0.1) is 0 Å². The van der Waals surface area contributed by atoms with E-state index in [4.69, 9.17) is 5.11 Å². The fraction of sp³-hybridized carbons (Fsp3) is 0.429. The molecule has 1 aromatic carbocycles. The van der Waals surface area contributed by atoms with E-state index in [1.54, 1.807) is 12.1 Å². The summed E-state index contributed by atoms with van der Waals surface area (Å²) >= 11 is 5.07. The molecular formula is C14H19BrN2O3S. The minimum atomic E-state index is -1.07. The molecule has 1 rings (SSSR count). The van der Waals surface area contributed by atoms with Crippen molar-refractivity contribution in [1.29, 1.82) is 0 Å². The molecule has 0 heterocycles. The lowest BCUT2D eigenvalue weighted by atomic mass is 10.2. The first kappa shape index (κ1) is 17.8. The standard InChI is InChI=1S/C14H19BrN2O3S/c1-21-8-4-2-3-7-16-14(20)17-12-9-10(15)5-6-11(12)13(18)19/h5-6,9H,2-4,7-8H2,1H3,(H,18,19)(H2,16,17,20). The molecule has 116 valence electrons. The molecule has 0 spiro atoms. The molecule has 0 saturated carbocycles. The first-order valence-corrected chi connectivity index (χ1v) is 8.80. The van der Waals surface area contributed by atoms with Gasteiger partial charge in [0.1, 0.15) is 0 Å². The highest BCUT2D eigenvalue weighted by Crippen LogP contribution is 2.21. The van der Waals surface area contributed by atoms with Crippen molar-refractivity contribution >= 4 is 45.4 Å². The molecular weight excluding hydrogens is 356 g/mol. The number of unbranched alkanes of at least 4 members (excludes halogenated alkanes) is 2. The molecule has 21 heavy (non-hydrogen) atoms. The van der Waals surface area contributed by atoms with Crippen LogP contribution in [0.25, 0.3) is 0 Å². The number of aromatic carboxylic acids is 1. The van der Waals surface area contributed by atoms with Crippen molar-refractivity contribution in [1.82, 2.24) is 5.32 Å². The Kier molecular flexibility index (Phi) is 8.22. The normalized spacial score (nSPS) is 10.2. The van der Waals surface area contributed by atoms with Gasteiger partial charge in [-0.3, -0.25) is 0 Å². The summed E-state index contributed by atoms with van der Waals surface area (Å²) in [5, 5.41) is 14.4. The van der Waals surface area contributed by atoms with Crippen molar-refractivity contribution in [2.24, 2.45) is 0 Å². The van der Waals surface area contributed by atoms with Crippen molar-refractivity contribution < 1.29 is 14.7 Å². The van der Waals surface area contributed by atoms with Crippen LogP contribution in [0.3, 0.4) is 0 Å². The second kappa shape index (κ2) is 9.68. The maximum absolute atomic E-state index is 11.8. The van der Waals surface area contributed by atoms with Gasteiger partial charge in [-0.2, -0.15) is 11.8 Å². The number of halogens is 1. The number of carboxylic acid groups (broad SMARTS) is 1. The van der Waals surface area contributed by atoms with Crippen LogP contribution in [0.1, 0.15) is 29.6 Å². The number of rotatable bonds is 8. The van der Waals surface area contributed by atoms with Crippen molar-refractivity contribution in [2.45, 2.75) is 19.3 Å².